The predicted molar refractivity (Wildman–Crippen MR) is 66.3 cm³/mol. The Morgan fingerprint density at radius 2 is 1.69 bits per heavy atom. The molecule has 0 unspecified atom stereocenters. The fourth-order valence-corrected chi connectivity index (χ4v) is 1.96. The molecule has 0 saturated carbocycles. The number of nitrogens with zero attached hydrogens (tertiary/aromatic N) is 2. The molecule has 1 heterocycles. The summed E-state index contributed by atoms with van der Waals surface area (Å²) in [5.41, 5.74) is 3.78. The average Bonchev–Trinajstić information content (AvgIpc) is 2.30. The summed E-state index contributed by atoms with van der Waals surface area (Å²) in [6.07, 6.45) is 3.56. The molecular formula is C14H16N2. The van der Waals surface area contributed by atoms with Gasteiger partial charge in [-0.3, -0.25) is 0 Å². The molecule has 0 atom stereocenters. The Hall–Kier alpha value is -1.70. The van der Waals surface area contributed by atoms with Crippen LogP contribution < -0.4 is 0 Å². The third-order valence-electron chi connectivity index (χ3n) is 2.80. The Balaban J connectivity index is 2.55. The van der Waals surface area contributed by atoms with Crippen molar-refractivity contribution in [1.29, 1.82) is 0 Å². The molecule has 2 nitrogen and oxygen atoms in total. The SMILES string of the molecule is Cc1c(-c2ncccn2)cccc1C(C)C. The fourth-order valence-electron chi connectivity index (χ4n) is 1.96. The Labute approximate surface area is 96.4 Å². The first-order valence-electron chi connectivity index (χ1n) is 5.57. The van der Waals surface area contributed by atoms with Gasteiger partial charge in [-0.15, -0.1) is 0 Å². The van der Waals surface area contributed by atoms with Crippen molar-refractivity contribution in [3.63, 3.8) is 0 Å². The molecule has 0 radical (unpaired) electrons. The molecule has 0 fully saturated rings. The highest BCUT2D eigenvalue weighted by Gasteiger charge is 2.09. The zero-order chi connectivity index (χ0) is 11.5. The third-order valence-corrected chi connectivity index (χ3v) is 2.80. The summed E-state index contributed by atoms with van der Waals surface area (Å²) in [4.78, 5) is 8.60. The van der Waals surface area contributed by atoms with Crippen LogP contribution in [0.4, 0.5) is 0 Å². The van der Waals surface area contributed by atoms with Crippen molar-refractivity contribution in [2.24, 2.45) is 0 Å². The van der Waals surface area contributed by atoms with Crippen LogP contribution >= 0.6 is 0 Å². The largest absolute Gasteiger partial charge is 0.237 e. The highest BCUT2D eigenvalue weighted by Crippen LogP contribution is 2.26. The van der Waals surface area contributed by atoms with Crippen LogP contribution in [0, 0.1) is 6.92 Å². The standard InChI is InChI=1S/C14H16N2/c1-10(2)12-6-4-7-13(11(12)3)14-15-8-5-9-16-14/h4-10H,1-3H3. The van der Waals surface area contributed by atoms with E-state index in [1.165, 1.54) is 11.1 Å². The molecule has 0 amide bonds. The number of aromatic nitrogens is 2. The average molecular weight is 212 g/mol. The summed E-state index contributed by atoms with van der Waals surface area (Å²) in [6, 6.07) is 8.17. The van der Waals surface area contributed by atoms with Crippen LogP contribution in [0.25, 0.3) is 11.4 Å². The van der Waals surface area contributed by atoms with Gasteiger partial charge in [-0.05, 0) is 30.0 Å². The maximum absolute atomic E-state index is 4.30. The lowest BCUT2D eigenvalue weighted by atomic mass is 9.94. The monoisotopic (exact) mass is 212 g/mol. The van der Waals surface area contributed by atoms with Crippen LogP contribution in [-0.4, -0.2) is 9.97 Å². The molecule has 1 aromatic heterocycles. The van der Waals surface area contributed by atoms with Crippen LogP contribution in [0.3, 0.4) is 0 Å². The molecule has 2 heteroatoms. The second-order valence-corrected chi connectivity index (χ2v) is 4.25. The van der Waals surface area contributed by atoms with E-state index in [1.54, 1.807) is 12.4 Å². The number of hydrogen-bond donors (Lipinski definition) is 0. The van der Waals surface area contributed by atoms with Crippen LogP contribution in [0.15, 0.2) is 36.7 Å². The van der Waals surface area contributed by atoms with Crippen molar-refractivity contribution in [2.75, 3.05) is 0 Å². The van der Waals surface area contributed by atoms with Crippen molar-refractivity contribution < 1.29 is 0 Å². The first kappa shape index (κ1) is 10.8. The fraction of sp³-hybridized carbons (Fsp3) is 0.286. The summed E-state index contributed by atoms with van der Waals surface area (Å²) in [6.45, 7) is 6.55. The van der Waals surface area contributed by atoms with Gasteiger partial charge in [0.1, 0.15) is 0 Å². The van der Waals surface area contributed by atoms with E-state index in [2.05, 4.69) is 48.9 Å². The normalized spacial score (nSPS) is 10.8. The van der Waals surface area contributed by atoms with E-state index in [0.717, 1.165) is 11.4 Å². The summed E-state index contributed by atoms with van der Waals surface area (Å²) < 4.78 is 0. The summed E-state index contributed by atoms with van der Waals surface area (Å²) in [5.74, 6) is 1.34. The minimum absolute atomic E-state index is 0.531. The molecule has 0 aliphatic heterocycles. The summed E-state index contributed by atoms with van der Waals surface area (Å²) >= 11 is 0. The predicted octanol–water partition coefficient (Wildman–Crippen LogP) is 3.58. The van der Waals surface area contributed by atoms with Crippen LogP contribution in [0.5, 0.6) is 0 Å². The minimum Gasteiger partial charge on any atom is -0.237 e. The second-order valence-electron chi connectivity index (χ2n) is 4.25. The molecule has 0 aliphatic carbocycles. The second kappa shape index (κ2) is 4.44. The molecule has 2 rings (SSSR count). The number of rotatable bonds is 2. The van der Waals surface area contributed by atoms with E-state index in [4.69, 9.17) is 0 Å². The van der Waals surface area contributed by atoms with Gasteiger partial charge in [-0.25, -0.2) is 9.97 Å². The van der Waals surface area contributed by atoms with Gasteiger partial charge in [0.15, 0.2) is 5.82 Å². The van der Waals surface area contributed by atoms with E-state index in [-0.39, 0.29) is 0 Å². The molecular weight excluding hydrogens is 196 g/mol. The Kier molecular flexibility index (Phi) is 3.00. The van der Waals surface area contributed by atoms with Crippen molar-refractivity contribution >= 4 is 0 Å². The van der Waals surface area contributed by atoms with Crippen molar-refractivity contribution in [3.05, 3.63) is 47.8 Å². The van der Waals surface area contributed by atoms with Gasteiger partial charge in [0, 0.05) is 18.0 Å². The molecule has 0 spiro atoms. The highest BCUT2D eigenvalue weighted by atomic mass is 14.8. The molecule has 1 aromatic carbocycles. The number of hydrogen-bond acceptors (Lipinski definition) is 2. The van der Waals surface area contributed by atoms with Gasteiger partial charge in [-0.2, -0.15) is 0 Å². The van der Waals surface area contributed by atoms with Crippen molar-refractivity contribution in [1.82, 2.24) is 9.97 Å². The first-order chi connectivity index (χ1) is 7.70. The molecule has 82 valence electrons. The van der Waals surface area contributed by atoms with E-state index in [0.29, 0.717) is 5.92 Å². The lowest BCUT2D eigenvalue weighted by molar-refractivity contribution is 0.856. The Morgan fingerprint density at radius 1 is 1.00 bits per heavy atom. The first-order valence-corrected chi connectivity index (χ1v) is 5.57. The zero-order valence-corrected chi connectivity index (χ0v) is 9.94. The zero-order valence-electron chi connectivity index (χ0n) is 9.94. The molecule has 2 aromatic rings. The Bertz CT molecular complexity index is 475. The van der Waals surface area contributed by atoms with Gasteiger partial charge >= 0.3 is 0 Å². The Morgan fingerprint density at radius 3 is 2.31 bits per heavy atom. The highest BCUT2D eigenvalue weighted by molar-refractivity contribution is 5.61. The van der Waals surface area contributed by atoms with Crippen LogP contribution in [-0.2, 0) is 0 Å². The molecule has 0 bridgehead atoms. The van der Waals surface area contributed by atoms with E-state index in [1.807, 2.05) is 6.07 Å². The van der Waals surface area contributed by atoms with Gasteiger partial charge in [0.05, 0.1) is 0 Å². The van der Waals surface area contributed by atoms with E-state index >= 15 is 0 Å². The van der Waals surface area contributed by atoms with E-state index < -0.39 is 0 Å². The topological polar surface area (TPSA) is 25.8 Å². The van der Waals surface area contributed by atoms with Crippen molar-refractivity contribution in [2.45, 2.75) is 26.7 Å². The molecule has 0 N–H and O–H groups in total. The molecule has 0 aliphatic rings. The number of benzene rings is 1. The van der Waals surface area contributed by atoms with Gasteiger partial charge in [0.2, 0.25) is 0 Å². The van der Waals surface area contributed by atoms with Crippen LogP contribution in [0.1, 0.15) is 30.9 Å². The quantitative estimate of drug-likeness (QED) is 0.760. The maximum Gasteiger partial charge on any atom is 0.159 e. The van der Waals surface area contributed by atoms with Crippen molar-refractivity contribution in [3.8, 4) is 11.4 Å². The van der Waals surface area contributed by atoms with Gasteiger partial charge < -0.3 is 0 Å². The summed E-state index contributed by atoms with van der Waals surface area (Å²) in [5, 5.41) is 0. The molecule has 0 saturated heterocycles. The van der Waals surface area contributed by atoms with Gasteiger partial charge in [-0.1, -0.05) is 32.0 Å². The summed E-state index contributed by atoms with van der Waals surface area (Å²) in [7, 11) is 0. The van der Waals surface area contributed by atoms with Crippen LogP contribution in [0.2, 0.25) is 0 Å². The molecule has 16 heavy (non-hydrogen) atoms. The minimum atomic E-state index is 0.531. The smallest absolute Gasteiger partial charge is 0.159 e. The lowest BCUT2D eigenvalue weighted by Gasteiger charge is -2.12. The lowest BCUT2D eigenvalue weighted by Crippen LogP contribution is -1.96. The van der Waals surface area contributed by atoms with E-state index in [9.17, 15) is 0 Å². The van der Waals surface area contributed by atoms with Gasteiger partial charge in [0.25, 0.3) is 0 Å². The third kappa shape index (κ3) is 1.96. The maximum atomic E-state index is 4.30.